The van der Waals surface area contributed by atoms with E-state index in [1.165, 1.54) is 4.68 Å². The molecule has 1 aliphatic rings. The van der Waals surface area contributed by atoms with Gasteiger partial charge < -0.3 is 14.6 Å². The van der Waals surface area contributed by atoms with E-state index in [9.17, 15) is 13.9 Å². The second-order valence-electron chi connectivity index (χ2n) is 10.2. The Kier molecular flexibility index (Phi) is 8.36. The molecule has 41 heavy (non-hydrogen) atoms. The van der Waals surface area contributed by atoms with E-state index >= 15 is 0 Å². The number of aliphatic hydroxyl groups is 1. The molecule has 4 aromatic rings. The number of aliphatic hydroxyl groups excluding tert-OH is 1. The van der Waals surface area contributed by atoms with E-state index in [1.54, 1.807) is 25.6 Å². The van der Waals surface area contributed by atoms with Crippen molar-refractivity contribution in [2.75, 3.05) is 26.3 Å². The lowest BCUT2D eigenvalue weighted by molar-refractivity contribution is 0.132. The molecular weight excluding hydrogens is 534 g/mol. The second-order valence-corrected chi connectivity index (χ2v) is 10.2. The molecule has 0 aromatic carbocycles. The first-order valence-electron chi connectivity index (χ1n) is 13.8. The summed E-state index contributed by atoms with van der Waals surface area (Å²) in [5.41, 5.74) is 3.54. The van der Waals surface area contributed by atoms with E-state index in [0.29, 0.717) is 55.1 Å². The summed E-state index contributed by atoms with van der Waals surface area (Å²) in [6.45, 7) is 9.90. The number of imidazole rings is 1. The number of ether oxygens (including phenoxy) is 2. The van der Waals surface area contributed by atoms with Gasteiger partial charge in [0.15, 0.2) is 0 Å². The molecular formula is C28H36F2N8O3. The Balaban J connectivity index is 1.73. The molecule has 0 saturated heterocycles. The van der Waals surface area contributed by atoms with Crippen LogP contribution in [0.5, 0.6) is 11.8 Å². The summed E-state index contributed by atoms with van der Waals surface area (Å²) in [6, 6.07) is -0.271. The van der Waals surface area contributed by atoms with Crippen molar-refractivity contribution in [2.45, 2.75) is 59.2 Å². The number of aryl methyl sites for hydroxylation is 1. The lowest BCUT2D eigenvalue weighted by Gasteiger charge is -2.26. The van der Waals surface area contributed by atoms with Crippen LogP contribution in [-0.2, 0) is 20.0 Å². The van der Waals surface area contributed by atoms with Gasteiger partial charge in [0.05, 0.1) is 71.8 Å². The van der Waals surface area contributed by atoms with Gasteiger partial charge in [0.25, 0.3) is 0 Å². The SMILES string of the molecule is CCOc1nn(C(C)CO)c2c1/C=C/c1ncc3cnc(cn13)-c1c(CC(F)F)nn(C)c1OC(C)CN(CC)C2. The summed E-state index contributed by atoms with van der Waals surface area (Å²) in [4.78, 5) is 11.4. The molecule has 2 atom stereocenters. The van der Waals surface area contributed by atoms with Crippen LogP contribution in [0.2, 0.25) is 0 Å². The minimum atomic E-state index is -2.58. The minimum Gasteiger partial charge on any atom is -0.476 e. The molecule has 4 aromatic heterocycles. The molecule has 5 heterocycles. The lowest BCUT2D eigenvalue weighted by Crippen LogP contribution is -2.35. The lowest BCUT2D eigenvalue weighted by atomic mass is 10.1. The van der Waals surface area contributed by atoms with E-state index in [4.69, 9.17) is 14.6 Å². The molecule has 0 aliphatic carbocycles. The quantitative estimate of drug-likeness (QED) is 0.357. The smallest absolute Gasteiger partial charge is 0.244 e. The number of halogens is 2. The van der Waals surface area contributed by atoms with Gasteiger partial charge in [0.2, 0.25) is 18.2 Å². The number of rotatable bonds is 7. The predicted octanol–water partition coefficient (Wildman–Crippen LogP) is 3.86. The largest absolute Gasteiger partial charge is 0.476 e. The monoisotopic (exact) mass is 570 g/mol. The topological polar surface area (TPSA) is 108 Å². The molecule has 0 fully saturated rings. The van der Waals surface area contributed by atoms with Crippen LogP contribution in [0.3, 0.4) is 0 Å². The van der Waals surface area contributed by atoms with E-state index in [0.717, 1.165) is 16.8 Å². The maximum absolute atomic E-state index is 13.6. The van der Waals surface area contributed by atoms with Crippen LogP contribution in [0, 0.1) is 0 Å². The zero-order valence-corrected chi connectivity index (χ0v) is 24.0. The first-order valence-corrected chi connectivity index (χ1v) is 13.8. The Morgan fingerprint density at radius 2 is 1.95 bits per heavy atom. The molecule has 13 heteroatoms. The van der Waals surface area contributed by atoms with Crippen molar-refractivity contribution in [3.05, 3.63) is 41.4 Å². The molecule has 1 N–H and O–H groups in total. The molecule has 2 unspecified atom stereocenters. The standard InChI is InChI=1S/C28H36F2N8O3/c1-6-36-13-18(4)41-28-26(21(10-24(29)30)33-35(28)5)22-14-37-19(11-31-22)12-32-25(37)9-8-20-23(15-36)38(17(3)16-39)34-27(20)40-7-2/h8-9,11-12,14,17-18,24,39H,6-7,10,13,15-16H2,1-5H3/b9-8+. The van der Waals surface area contributed by atoms with Crippen LogP contribution in [0.4, 0.5) is 8.78 Å². The minimum absolute atomic E-state index is 0.0834. The van der Waals surface area contributed by atoms with Gasteiger partial charge in [0, 0.05) is 26.3 Å². The maximum atomic E-state index is 13.6. The number of hydrogen-bond donors (Lipinski definition) is 1. The van der Waals surface area contributed by atoms with Gasteiger partial charge in [-0.2, -0.15) is 5.10 Å². The number of hydrogen-bond acceptors (Lipinski definition) is 8. The fourth-order valence-corrected chi connectivity index (χ4v) is 5.15. The molecule has 220 valence electrons. The van der Waals surface area contributed by atoms with Crippen molar-refractivity contribution in [3.63, 3.8) is 0 Å². The highest BCUT2D eigenvalue weighted by Gasteiger charge is 2.27. The summed E-state index contributed by atoms with van der Waals surface area (Å²) >= 11 is 0. The predicted molar refractivity (Wildman–Crippen MR) is 150 cm³/mol. The van der Waals surface area contributed by atoms with Crippen molar-refractivity contribution in [1.29, 1.82) is 0 Å². The van der Waals surface area contributed by atoms with Crippen LogP contribution >= 0.6 is 0 Å². The van der Waals surface area contributed by atoms with Crippen LogP contribution in [0.25, 0.3) is 28.9 Å². The van der Waals surface area contributed by atoms with E-state index < -0.39 is 12.8 Å². The highest BCUT2D eigenvalue weighted by molar-refractivity contribution is 5.74. The molecule has 0 radical (unpaired) electrons. The van der Waals surface area contributed by atoms with Gasteiger partial charge in [-0.15, -0.1) is 5.10 Å². The van der Waals surface area contributed by atoms with Crippen molar-refractivity contribution in [2.24, 2.45) is 7.05 Å². The zero-order valence-electron chi connectivity index (χ0n) is 24.0. The summed E-state index contributed by atoms with van der Waals surface area (Å²) in [5, 5.41) is 19.1. The number of likely N-dealkylation sites (N-methyl/N-ethyl adjacent to an activating group) is 1. The van der Waals surface area contributed by atoms with Gasteiger partial charge in [-0.05, 0) is 39.5 Å². The van der Waals surface area contributed by atoms with Gasteiger partial charge in [0.1, 0.15) is 11.9 Å². The normalized spacial score (nSPS) is 17.6. The van der Waals surface area contributed by atoms with Gasteiger partial charge >= 0.3 is 0 Å². The van der Waals surface area contributed by atoms with Crippen molar-refractivity contribution in [3.8, 4) is 23.0 Å². The number of fused-ring (bicyclic) bond motifs is 4. The van der Waals surface area contributed by atoms with Gasteiger partial charge in [-0.25, -0.2) is 18.4 Å². The van der Waals surface area contributed by atoms with Crippen LogP contribution in [0.1, 0.15) is 56.5 Å². The Hall–Kier alpha value is -3.84. The summed E-state index contributed by atoms with van der Waals surface area (Å²) < 4.78 is 44.7. The van der Waals surface area contributed by atoms with Crippen LogP contribution in [-0.4, -0.2) is 82.8 Å². The molecule has 0 spiro atoms. The Morgan fingerprint density at radius 3 is 2.66 bits per heavy atom. The van der Waals surface area contributed by atoms with Crippen molar-refractivity contribution in [1.82, 2.24) is 38.8 Å². The molecule has 11 nitrogen and oxygen atoms in total. The first-order chi connectivity index (χ1) is 19.7. The Labute approximate surface area is 237 Å². The molecule has 5 rings (SSSR count). The molecule has 0 saturated carbocycles. The first kappa shape index (κ1) is 28.7. The Bertz CT molecular complexity index is 1540. The fourth-order valence-electron chi connectivity index (χ4n) is 5.15. The summed E-state index contributed by atoms with van der Waals surface area (Å²) in [6.07, 6.45) is 5.50. The number of aromatic nitrogens is 7. The third-order valence-corrected chi connectivity index (χ3v) is 7.14. The highest BCUT2D eigenvalue weighted by atomic mass is 19.3. The zero-order chi connectivity index (χ0) is 29.3. The maximum Gasteiger partial charge on any atom is 0.244 e. The Morgan fingerprint density at radius 1 is 1.17 bits per heavy atom. The highest BCUT2D eigenvalue weighted by Crippen LogP contribution is 2.35. The number of nitrogens with zero attached hydrogens (tertiary/aromatic N) is 8. The van der Waals surface area contributed by atoms with E-state index in [-0.39, 0.29) is 24.4 Å². The van der Waals surface area contributed by atoms with Gasteiger partial charge in [-0.3, -0.25) is 19.0 Å². The van der Waals surface area contributed by atoms with Crippen LogP contribution in [0.15, 0.2) is 18.6 Å². The fraction of sp³-hybridized carbons (Fsp3) is 0.500. The second kappa shape index (κ2) is 12.0. The van der Waals surface area contributed by atoms with E-state index in [2.05, 4.69) is 26.9 Å². The molecule has 0 amide bonds. The van der Waals surface area contributed by atoms with Gasteiger partial charge in [-0.1, -0.05) is 6.92 Å². The summed E-state index contributed by atoms with van der Waals surface area (Å²) in [5.74, 6) is 1.46. The van der Waals surface area contributed by atoms with Crippen molar-refractivity contribution < 1.29 is 23.4 Å². The molecule has 2 bridgehead atoms. The third kappa shape index (κ3) is 5.68. The third-order valence-electron chi connectivity index (χ3n) is 7.14. The average molecular weight is 571 g/mol. The molecule has 1 aliphatic heterocycles. The average Bonchev–Trinajstić information content (AvgIpc) is 3.59. The summed E-state index contributed by atoms with van der Waals surface area (Å²) in [7, 11) is 1.69. The van der Waals surface area contributed by atoms with Crippen molar-refractivity contribution >= 4 is 17.7 Å². The van der Waals surface area contributed by atoms with E-state index in [1.807, 2.05) is 42.0 Å². The number of alkyl halides is 2. The van der Waals surface area contributed by atoms with Crippen LogP contribution < -0.4 is 9.47 Å².